The molecule has 2 aromatic carbocycles. The lowest BCUT2D eigenvalue weighted by atomic mass is 9.82. The van der Waals surface area contributed by atoms with E-state index in [0.29, 0.717) is 36.7 Å². The molecule has 6 nitrogen and oxygen atoms in total. The van der Waals surface area contributed by atoms with Crippen molar-refractivity contribution in [1.29, 1.82) is 0 Å². The lowest BCUT2D eigenvalue weighted by Gasteiger charge is -2.41. The predicted octanol–water partition coefficient (Wildman–Crippen LogP) is 3.54. The van der Waals surface area contributed by atoms with Crippen molar-refractivity contribution in [2.75, 3.05) is 19.7 Å². The van der Waals surface area contributed by atoms with Crippen LogP contribution in [-0.2, 0) is 11.3 Å². The van der Waals surface area contributed by atoms with Crippen molar-refractivity contribution in [3.8, 4) is 0 Å². The number of aliphatic hydroxyl groups excluding tert-OH is 1. The number of hydrogen-bond acceptors (Lipinski definition) is 4. The van der Waals surface area contributed by atoms with Gasteiger partial charge in [-0.2, -0.15) is 0 Å². The molecule has 4 rings (SSSR count). The molecular weight excluding hydrogens is 426 g/mol. The van der Waals surface area contributed by atoms with Crippen LogP contribution in [0.15, 0.2) is 54.6 Å². The second-order valence-electron chi connectivity index (χ2n) is 10.5. The third-order valence-electron chi connectivity index (χ3n) is 7.66. The van der Waals surface area contributed by atoms with Crippen molar-refractivity contribution in [2.24, 2.45) is 11.1 Å². The normalized spacial score (nSPS) is 22.5. The summed E-state index contributed by atoms with van der Waals surface area (Å²) < 4.78 is 0. The smallest absolute Gasteiger partial charge is 0.248 e. The van der Waals surface area contributed by atoms with Crippen LogP contribution >= 0.6 is 0 Å². The van der Waals surface area contributed by atoms with E-state index < -0.39 is 5.41 Å². The van der Waals surface area contributed by atoms with Gasteiger partial charge in [0.25, 0.3) is 0 Å². The molecule has 0 aromatic heterocycles. The summed E-state index contributed by atoms with van der Waals surface area (Å²) in [6.45, 7) is 5.43. The molecule has 2 aliphatic heterocycles. The average Bonchev–Trinajstić information content (AvgIpc) is 3.08. The van der Waals surface area contributed by atoms with Crippen molar-refractivity contribution in [2.45, 2.75) is 64.1 Å². The number of piperidine rings is 1. The third kappa shape index (κ3) is 5.18. The van der Waals surface area contributed by atoms with E-state index in [1.807, 2.05) is 53.4 Å². The van der Waals surface area contributed by atoms with Gasteiger partial charge in [0.15, 0.2) is 0 Å². The number of aliphatic hydroxyl groups is 1. The second-order valence-corrected chi connectivity index (χ2v) is 10.5. The Morgan fingerprint density at radius 3 is 2.26 bits per heavy atom. The third-order valence-corrected chi connectivity index (χ3v) is 7.66. The molecule has 2 aliphatic rings. The standard InChI is InChI=1S/C28H37N3O3/c1-28(2,19-32)27(34)30(18-20-8-4-3-5-9-20)14-15-31-22-12-13-23(31)17-21(16-22)24-10-6-7-11-25(24)26(29)33/h3-11,21-23,32H,12-19H2,1-2H3,(H2,29,33). The van der Waals surface area contributed by atoms with E-state index in [0.717, 1.165) is 43.4 Å². The molecule has 0 saturated carbocycles. The average molecular weight is 464 g/mol. The highest BCUT2D eigenvalue weighted by Crippen LogP contribution is 2.43. The van der Waals surface area contributed by atoms with E-state index in [2.05, 4.69) is 11.0 Å². The monoisotopic (exact) mass is 463 g/mol. The molecule has 3 N–H and O–H groups in total. The van der Waals surface area contributed by atoms with Crippen LogP contribution in [0.5, 0.6) is 0 Å². The number of amides is 2. The van der Waals surface area contributed by atoms with Crippen LogP contribution in [0.3, 0.4) is 0 Å². The number of rotatable bonds is 9. The zero-order valence-corrected chi connectivity index (χ0v) is 20.3. The highest BCUT2D eigenvalue weighted by Gasteiger charge is 2.42. The summed E-state index contributed by atoms with van der Waals surface area (Å²) in [4.78, 5) is 29.7. The first-order valence-corrected chi connectivity index (χ1v) is 12.4. The number of carbonyl (C=O) groups is 2. The zero-order chi connectivity index (χ0) is 24.3. The van der Waals surface area contributed by atoms with E-state index in [1.54, 1.807) is 13.8 Å². The van der Waals surface area contributed by atoms with Crippen molar-refractivity contribution in [1.82, 2.24) is 9.80 Å². The van der Waals surface area contributed by atoms with Gasteiger partial charge in [-0.15, -0.1) is 0 Å². The Bertz CT molecular complexity index is 993. The minimum absolute atomic E-state index is 0.0172. The molecule has 2 fully saturated rings. The van der Waals surface area contributed by atoms with Crippen LogP contribution in [0.1, 0.15) is 66.9 Å². The molecule has 34 heavy (non-hydrogen) atoms. The molecule has 6 heteroatoms. The summed E-state index contributed by atoms with van der Waals surface area (Å²) in [5, 5.41) is 9.80. The predicted molar refractivity (Wildman–Crippen MR) is 133 cm³/mol. The maximum Gasteiger partial charge on any atom is 0.248 e. The fraction of sp³-hybridized carbons (Fsp3) is 0.500. The maximum atomic E-state index is 13.3. The first-order valence-electron chi connectivity index (χ1n) is 12.4. The number of nitrogens with zero attached hydrogens (tertiary/aromatic N) is 2. The van der Waals surface area contributed by atoms with E-state index >= 15 is 0 Å². The Hall–Kier alpha value is -2.70. The van der Waals surface area contributed by atoms with Gasteiger partial charge in [0.1, 0.15) is 0 Å². The molecule has 2 heterocycles. The molecule has 2 amide bonds. The maximum absolute atomic E-state index is 13.3. The SMILES string of the molecule is CC(C)(CO)C(=O)N(CCN1C2CCC1CC(c1ccccc1C(N)=O)C2)Cc1ccccc1. The summed E-state index contributed by atoms with van der Waals surface area (Å²) >= 11 is 0. The van der Waals surface area contributed by atoms with Crippen LogP contribution in [0.2, 0.25) is 0 Å². The first kappa shape index (κ1) is 24.4. The topological polar surface area (TPSA) is 86.9 Å². The molecule has 2 saturated heterocycles. The van der Waals surface area contributed by atoms with Gasteiger partial charge in [-0.3, -0.25) is 14.5 Å². The molecule has 0 spiro atoms. The number of primary amides is 1. The fourth-order valence-corrected chi connectivity index (χ4v) is 5.76. The van der Waals surface area contributed by atoms with Crippen molar-refractivity contribution in [3.63, 3.8) is 0 Å². The number of carbonyl (C=O) groups excluding carboxylic acids is 2. The van der Waals surface area contributed by atoms with Gasteiger partial charge < -0.3 is 15.7 Å². The molecule has 2 aromatic rings. The van der Waals surface area contributed by atoms with E-state index in [9.17, 15) is 14.7 Å². The number of nitrogens with two attached hydrogens (primary N) is 1. The molecular formula is C28H37N3O3. The zero-order valence-electron chi connectivity index (χ0n) is 20.3. The summed E-state index contributed by atoms with van der Waals surface area (Å²) in [5.74, 6) is -0.0313. The van der Waals surface area contributed by atoms with Gasteiger partial charge in [-0.1, -0.05) is 48.5 Å². The van der Waals surface area contributed by atoms with Gasteiger partial charge in [0, 0.05) is 37.3 Å². The summed E-state index contributed by atoms with van der Waals surface area (Å²) in [6.07, 6.45) is 4.31. The van der Waals surface area contributed by atoms with E-state index in [-0.39, 0.29) is 18.4 Å². The fourth-order valence-electron chi connectivity index (χ4n) is 5.76. The minimum atomic E-state index is -0.806. The van der Waals surface area contributed by atoms with Crippen molar-refractivity contribution in [3.05, 3.63) is 71.3 Å². The Balaban J connectivity index is 1.46. The van der Waals surface area contributed by atoms with Crippen molar-refractivity contribution >= 4 is 11.8 Å². The largest absolute Gasteiger partial charge is 0.395 e. The quantitative estimate of drug-likeness (QED) is 0.596. The van der Waals surface area contributed by atoms with Crippen LogP contribution < -0.4 is 5.73 Å². The lowest BCUT2D eigenvalue weighted by molar-refractivity contribution is -0.143. The van der Waals surface area contributed by atoms with Crippen LogP contribution in [-0.4, -0.2) is 58.5 Å². The van der Waals surface area contributed by atoms with Gasteiger partial charge in [0.05, 0.1) is 12.0 Å². The molecule has 2 bridgehead atoms. The number of hydrogen-bond donors (Lipinski definition) is 2. The first-order chi connectivity index (χ1) is 16.3. The molecule has 0 radical (unpaired) electrons. The number of benzene rings is 2. The molecule has 182 valence electrons. The van der Waals surface area contributed by atoms with Crippen LogP contribution in [0.25, 0.3) is 0 Å². The van der Waals surface area contributed by atoms with Gasteiger partial charge in [-0.25, -0.2) is 0 Å². The Labute approximate surface area is 202 Å². The summed E-state index contributed by atoms with van der Waals surface area (Å²) in [7, 11) is 0. The summed E-state index contributed by atoms with van der Waals surface area (Å²) in [5.41, 5.74) is 7.66. The van der Waals surface area contributed by atoms with Gasteiger partial charge in [-0.05, 0) is 62.6 Å². The summed E-state index contributed by atoms with van der Waals surface area (Å²) in [6, 6.07) is 18.7. The second kappa shape index (κ2) is 10.3. The molecule has 2 unspecified atom stereocenters. The Kier molecular flexibility index (Phi) is 7.39. The Morgan fingerprint density at radius 1 is 1.03 bits per heavy atom. The van der Waals surface area contributed by atoms with Crippen molar-refractivity contribution < 1.29 is 14.7 Å². The molecule has 0 aliphatic carbocycles. The minimum Gasteiger partial charge on any atom is -0.395 e. The van der Waals surface area contributed by atoms with Crippen LogP contribution in [0, 0.1) is 5.41 Å². The Morgan fingerprint density at radius 2 is 1.65 bits per heavy atom. The van der Waals surface area contributed by atoms with E-state index in [4.69, 9.17) is 5.73 Å². The molecule has 2 atom stereocenters. The van der Waals surface area contributed by atoms with Gasteiger partial charge >= 0.3 is 0 Å². The highest BCUT2D eigenvalue weighted by molar-refractivity contribution is 5.94. The van der Waals surface area contributed by atoms with Crippen LogP contribution in [0.4, 0.5) is 0 Å². The number of fused-ring (bicyclic) bond motifs is 2. The lowest BCUT2D eigenvalue weighted by Crippen LogP contribution is -2.49. The van der Waals surface area contributed by atoms with E-state index in [1.165, 1.54) is 0 Å². The van der Waals surface area contributed by atoms with Gasteiger partial charge in [0.2, 0.25) is 11.8 Å². The highest BCUT2D eigenvalue weighted by atomic mass is 16.3.